The number of ether oxygens (including phenoxy) is 1. The minimum absolute atomic E-state index is 0.509. The first kappa shape index (κ1) is 13.1. The molecule has 2 aromatic rings. The van der Waals surface area contributed by atoms with Crippen molar-refractivity contribution in [1.29, 1.82) is 0 Å². The predicted octanol–water partition coefficient (Wildman–Crippen LogP) is 0.658. The summed E-state index contributed by atoms with van der Waals surface area (Å²) >= 11 is 0. The molecule has 2 rings (SSSR count). The molecule has 0 unspecified atom stereocenters. The van der Waals surface area contributed by atoms with Gasteiger partial charge in [-0.2, -0.15) is 0 Å². The van der Waals surface area contributed by atoms with Crippen LogP contribution in [-0.2, 0) is 13.6 Å². The molecule has 0 aliphatic rings. The lowest BCUT2D eigenvalue weighted by molar-refractivity contribution is 0.414. The van der Waals surface area contributed by atoms with Gasteiger partial charge in [-0.3, -0.25) is 0 Å². The van der Waals surface area contributed by atoms with Gasteiger partial charge in [-0.05, 0) is 6.92 Å². The van der Waals surface area contributed by atoms with E-state index in [-0.39, 0.29) is 0 Å². The van der Waals surface area contributed by atoms with Crippen LogP contribution in [0.25, 0.3) is 0 Å². The lowest BCUT2D eigenvalue weighted by Gasteiger charge is -2.13. The van der Waals surface area contributed by atoms with E-state index in [2.05, 4.69) is 30.8 Å². The monoisotopic (exact) mass is 263 g/mol. The Balaban J connectivity index is 2.15. The van der Waals surface area contributed by atoms with Crippen molar-refractivity contribution in [3.63, 3.8) is 0 Å². The number of aryl methyl sites for hydroxylation is 1. The number of rotatable bonds is 6. The summed E-state index contributed by atoms with van der Waals surface area (Å²) < 4.78 is 7.18. The average Bonchev–Trinajstić information content (AvgIpc) is 2.82. The van der Waals surface area contributed by atoms with Gasteiger partial charge in [0, 0.05) is 13.6 Å². The second-order valence-electron chi connectivity index (χ2n) is 3.85. The normalized spacial score (nSPS) is 10.3. The van der Waals surface area contributed by atoms with Crippen LogP contribution in [0.15, 0.2) is 12.7 Å². The summed E-state index contributed by atoms with van der Waals surface area (Å²) in [5.41, 5.74) is 0. The van der Waals surface area contributed by atoms with Crippen LogP contribution < -0.4 is 15.4 Å². The zero-order valence-corrected chi connectivity index (χ0v) is 11.2. The minimum atomic E-state index is 0.509. The van der Waals surface area contributed by atoms with Crippen LogP contribution in [0.2, 0.25) is 0 Å². The van der Waals surface area contributed by atoms with E-state index in [0.29, 0.717) is 23.9 Å². The summed E-state index contributed by atoms with van der Waals surface area (Å²) in [6.45, 7) is 3.26. The highest BCUT2D eigenvalue weighted by atomic mass is 16.5. The summed E-state index contributed by atoms with van der Waals surface area (Å²) in [6.07, 6.45) is 3.14. The zero-order chi connectivity index (χ0) is 13.7. The van der Waals surface area contributed by atoms with E-state index in [1.165, 1.54) is 6.33 Å². The molecule has 2 aromatic heterocycles. The van der Waals surface area contributed by atoms with E-state index < -0.39 is 0 Å². The standard InChI is InChI=1S/C11H17N7O/c1-4-12-10-9(19-3)11(15-6-14-10)13-5-8-17-16-7-18(8)2/h6-7H,4-5H2,1-3H3,(H2,12,13,14,15). The third kappa shape index (κ3) is 2.90. The molecule has 8 nitrogen and oxygen atoms in total. The predicted molar refractivity (Wildman–Crippen MR) is 71.1 cm³/mol. The first-order chi connectivity index (χ1) is 9.26. The topological polar surface area (TPSA) is 89.8 Å². The Morgan fingerprint density at radius 3 is 2.58 bits per heavy atom. The number of anilines is 2. The van der Waals surface area contributed by atoms with Crippen LogP contribution in [-0.4, -0.2) is 38.4 Å². The van der Waals surface area contributed by atoms with Gasteiger partial charge in [0.2, 0.25) is 5.75 Å². The molecule has 8 heteroatoms. The number of aromatic nitrogens is 5. The van der Waals surface area contributed by atoms with E-state index in [0.717, 1.165) is 12.4 Å². The molecule has 0 aliphatic carbocycles. The van der Waals surface area contributed by atoms with Crippen molar-refractivity contribution in [3.05, 3.63) is 18.5 Å². The maximum absolute atomic E-state index is 5.34. The van der Waals surface area contributed by atoms with Crippen molar-refractivity contribution < 1.29 is 4.74 Å². The molecular formula is C11H17N7O. The number of hydrogen-bond donors (Lipinski definition) is 2. The van der Waals surface area contributed by atoms with Crippen molar-refractivity contribution in [1.82, 2.24) is 24.7 Å². The third-order valence-electron chi connectivity index (χ3n) is 2.57. The summed E-state index contributed by atoms with van der Waals surface area (Å²) in [7, 11) is 3.48. The molecule has 0 saturated heterocycles. The first-order valence-electron chi connectivity index (χ1n) is 5.95. The van der Waals surface area contributed by atoms with Gasteiger partial charge in [0.25, 0.3) is 0 Å². The number of nitrogens with zero attached hydrogens (tertiary/aromatic N) is 5. The van der Waals surface area contributed by atoms with Crippen LogP contribution in [0.1, 0.15) is 12.7 Å². The van der Waals surface area contributed by atoms with Gasteiger partial charge in [0.15, 0.2) is 17.5 Å². The lowest BCUT2D eigenvalue weighted by atomic mass is 10.4. The Morgan fingerprint density at radius 1 is 1.26 bits per heavy atom. The molecule has 2 heterocycles. The molecule has 0 amide bonds. The van der Waals surface area contributed by atoms with Crippen molar-refractivity contribution in [3.8, 4) is 5.75 Å². The maximum Gasteiger partial charge on any atom is 0.204 e. The maximum atomic E-state index is 5.34. The van der Waals surface area contributed by atoms with Crippen LogP contribution in [0, 0.1) is 0 Å². The first-order valence-corrected chi connectivity index (χ1v) is 5.95. The number of methoxy groups -OCH3 is 1. The van der Waals surface area contributed by atoms with Crippen LogP contribution in [0.5, 0.6) is 5.75 Å². The van der Waals surface area contributed by atoms with Crippen LogP contribution >= 0.6 is 0 Å². The third-order valence-corrected chi connectivity index (χ3v) is 2.57. The fraction of sp³-hybridized carbons (Fsp3) is 0.455. The molecule has 0 bridgehead atoms. The van der Waals surface area contributed by atoms with Gasteiger partial charge in [-0.15, -0.1) is 10.2 Å². The molecule has 0 atom stereocenters. The number of nitrogens with one attached hydrogen (secondary N) is 2. The highest BCUT2D eigenvalue weighted by Crippen LogP contribution is 2.28. The molecule has 0 radical (unpaired) electrons. The highest BCUT2D eigenvalue weighted by Gasteiger charge is 2.12. The zero-order valence-electron chi connectivity index (χ0n) is 11.2. The molecule has 0 aromatic carbocycles. The molecule has 102 valence electrons. The second-order valence-corrected chi connectivity index (χ2v) is 3.85. The Labute approximate surface area is 111 Å². The van der Waals surface area contributed by atoms with Gasteiger partial charge in [-0.25, -0.2) is 9.97 Å². The molecule has 2 N–H and O–H groups in total. The summed E-state index contributed by atoms with van der Waals surface area (Å²) in [6, 6.07) is 0. The van der Waals surface area contributed by atoms with Crippen LogP contribution in [0.4, 0.5) is 11.6 Å². The summed E-state index contributed by atoms with van der Waals surface area (Å²) in [5, 5.41) is 14.1. The number of hydrogen-bond acceptors (Lipinski definition) is 7. The molecular weight excluding hydrogens is 246 g/mol. The second kappa shape index (κ2) is 5.98. The van der Waals surface area contributed by atoms with Crippen LogP contribution in [0.3, 0.4) is 0 Å². The Bertz CT molecular complexity index is 540. The highest BCUT2D eigenvalue weighted by molar-refractivity contribution is 5.63. The minimum Gasteiger partial charge on any atom is -0.490 e. The van der Waals surface area contributed by atoms with Gasteiger partial charge in [-0.1, -0.05) is 0 Å². The smallest absolute Gasteiger partial charge is 0.204 e. The molecule has 0 fully saturated rings. The molecule has 0 saturated carbocycles. The van der Waals surface area contributed by atoms with E-state index in [1.807, 2.05) is 18.5 Å². The fourth-order valence-corrected chi connectivity index (χ4v) is 1.62. The Morgan fingerprint density at radius 2 is 2.00 bits per heavy atom. The molecule has 0 spiro atoms. The van der Waals surface area contributed by atoms with Crippen molar-refractivity contribution in [2.75, 3.05) is 24.3 Å². The average molecular weight is 263 g/mol. The van der Waals surface area contributed by atoms with E-state index in [1.54, 1.807) is 13.4 Å². The Hall–Kier alpha value is -2.38. The van der Waals surface area contributed by atoms with Gasteiger partial charge in [0.05, 0.1) is 13.7 Å². The SMILES string of the molecule is CCNc1ncnc(NCc2nncn2C)c1OC. The largest absolute Gasteiger partial charge is 0.490 e. The van der Waals surface area contributed by atoms with E-state index >= 15 is 0 Å². The van der Waals surface area contributed by atoms with Crippen molar-refractivity contribution in [2.24, 2.45) is 7.05 Å². The fourth-order valence-electron chi connectivity index (χ4n) is 1.62. The lowest BCUT2D eigenvalue weighted by Crippen LogP contribution is -2.10. The quantitative estimate of drug-likeness (QED) is 0.791. The van der Waals surface area contributed by atoms with Gasteiger partial charge < -0.3 is 19.9 Å². The Kier molecular flexibility index (Phi) is 4.11. The summed E-state index contributed by atoms with van der Waals surface area (Å²) in [5.74, 6) is 2.69. The van der Waals surface area contributed by atoms with Crippen molar-refractivity contribution >= 4 is 11.6 Å². The van der Waals surface area contributed by atoms with Crippen molar-refractivity contribution in [2.45, 2.75) is 13.5 Å². The molecule has 19 heavy (non-hydrogen) atoms. The summed E-state index contributed by atoms with van der Waals surface area (Å²) in [4.78, 5) is 8.32. The molecule has 0 aliphatic heterocycles. The van der Waals surface area contributed by atoms with Gasteiger partial charge >= 0.3 is 0 Å². The van der Waals surface area contributed by atoms with E-state index in [4.69, 9.17) is 4.74 Å². The van der Waals surface area contributed by atoms with Gasteiger partial charge in [0.1, 0.15) is 12.7 Å². The van der Waals surface area contributed by atoms with E-state index in [9.17, 15) is 0 Å².